The highest BCUT2D eigenvalue weighted by Gasteiger charge is 2.25. The molecule has 0 bridgehead atoms. The Hall–Kier alpha value is -1.06. The van der Waals surface area contributed by atoms with E-state index in [9.17, 15) is 5.11 Å². The summed E-state index contributed by atoms with van der Waals surface area (Å²) in [4.78, 5) is 0. The summed E-state index contributed by atoms with van der Waals surface area (Å²) in [7, 11) is 0. The maximum absolute atomic E-state index is 9.37. The number of aliphatic hydroxyl groups is 1. The molecule has 0 unspecified atom stereocenters. The minimum absolute atomic E-state index is 0.178. The molecular formula is C16H25NO2. The van der Waals surface area contributed by atoms with E-state index in [4.69, 9.17) is 4.74 Å². The van der Waals surface area contributed by atoms with Crippen molar-refractivity contribution in [3.05, 3.63) is 29.8 Å². The molecule has 3 heteroatoms. The van der Waals surface area contributed by atoms with Gasteiger partial charge in [0.05, 0.1) is 13.2 Å². The number of hydrogen-bond donors (Lipinski definition) is 2. The largest absolute Gasteiger partial charge is 0.396 e. The van der Waals surface area contributed by atoms with Gasteiger partial charge < -0.3 is 15.2 Å². The van der Waals surface area contributed by atoms with Gasteiger partial charge in [0.2, 0.25) is 0 Å². The Morgan fingerprint density at radius 3 is 2.53 bits per heavy atom. The summed E-state index contributed by atoms with van der Waals surface area (Å²) in [6.07, 6.45) is 0.951. The zero-order chi connectivity index (χ0) is 13.9. The van der Waals surface area contributed by atoms with Gasteiger partial charge in [-0.05, 0) is 29.5 Å². The molecule has 19 heavy (non-hydrogen) atoms. The minimum Gasteiger partial charge on any atom is -0.396 e. The van der Waals surface area contributed by atoms with Gasteiger partial charge in [0, 0.05) is 24.3 Å². The summed E-state index contributed by atoms with van der Waals surface area (Å²) in [5.74, 6) is 0.191. The van der Waals surface area contributed by atoms with Gasteiger partial charge in [0.15, 0.2) is 0 Å². The summed E-state index contributed by atoms with van der Waals surface area (Å²) < 4.78 is 5.40. The van der Waals surface area contributed by atoms with Crippen LogP contribution in [0.3, 0.4) is 0 Å². The minimum atomic E-state index is 0.178. The Bertz CT molecular complexity index is 394. The monoisotopic (exact) mass is 263 g/mol. The quantitative estimate of drug-likeness (QED) is 0.881. The Labute approximate surface area is 116 Å². The van der Waals surface area contributed by atoms with Crippen molar-refractivity contribution in [2.45, 2.75) is 38.6 Å². The van der Waals surface area contributed by atoms with Crippen LogP contribution < -0.4 is 5.32 Å². The van der Waals surface area contributed by atoms with Gasteiger partial charge in [-0.1, -0.05) is 32.9 Å². The topological polar surface area (TPSA) is 41.5 Å². The lowest BCUT2D eigenvalue weighted by Crippen LogP contribution is -2.39. The van der Waals surface area contributed by atoms with E-state index in [0.29, 0.717) is 12.6 Å². The molecule has 0 radical (unpaired) electrons. The van der Waals surface area contributed by atoms with E-state index >= 15 is 0 Å². The first kappa shape index (κ1) is 14.4. The fourth-order valence-electron chi connectivity index (χ4n) is 2.45. The molecular weight excluding hydrogens is 238 g/mol. The standard InChI is InChI=1S/C16H25NO2/c1-16(2,3)13-4-6-14(7-5-13)17-15-8-9-19-11-12(15)10-18/h4-7,12,15,17-18H,8-11H2,1-3H3/t12-,15+/m1/s1. The summed E-state index contributed by atoms with van der Waals surface area (Å²) in [5.41, 5.74) is 2.65. The fraction of sp³-hybridized carbons (Fsp3) is 0.625. The zero-order valence-electron chi connectivity index (χ0n) is 12.1. The third-order valence-corrected chi connectivity index (χ3v) is 3.81. The van der Waals surface area contributed by atoms with E-state index in [1.165, 1.54) is 5.56 Å². The van der Waals surface area contributed by atoms with Crippen molar-refractivity contribution in [1.29, 1.82) is 0 Å². The van der Waals surface area contributed by atoms with E-state index in [-0.39, 0.29) is 17.9 Å². The number of aliphatic hydroxyl groups excluding tert-OH is 1. The Morgan fingerprint density at radius 2 is 1.95 bits per heavy atom. The number of ether oxygens (including phenoxy) is 1. The lowest BCUT2D eigenvalue weighted by molar-refractivity contribution is 0.0226. The van der Waals surface area contributed by atoms with E-state index < -0.39 is 0 Å². The van der Waals surface area contributed by atoms with Crippen LogP contribution in [0, 0.1) is 5.92 Å². The van der Waals surface area contributed by atoms with Crippen molar-refractivity contribution in [3.63, 3.8) is 0 Å². The first-order valence-electron chi connectivity index (χ1n) is 7.06. The molecule has 1 heterocycles. The van der Waals surface area contributed by atoms with Crippen molar-refractivity contribution >= 4 is 5.69 Å². The zero-order valence-corrected chi connectivity index (χ0v) is 12.1. The van der Waals surface area contributed by atoms with Gasteiger partial charge in [0.1, 0.15) is 0 Å². The SMILES string of the molecule is CC(C)(C)c1ccc(N[C@H]2CCOC[C@H]2CO)cc1. The van der Waals surface area contributed by atoms with Crippen molar-refractivity contribution in [3.8, 4) is 0 Å². The van der Waals surface area contributed by atoms with Crippen LogP contribution in [0.5, 0.6) is 0 Å². The average molecular weight is 263 g/mol. The molecule has 0 aliphatic carbocycles. The molecule has 0 spiro atoms. The van der Waals surface area contributed by atoms with E-state index in [1.807, 2.05) is 0 Å². The molecule has 2 atom stereocenters. The Balaban J connectivity index is 2.02. The van der Waals surface area contributed by atoms with Gasteiger partial charge in [-0.15, -0.1) is 0 Å². The number of benzene rings is 1. The molecule has 1 aromatic rings. The van der Waals surface area contributed by atoms with Crippen molar-refractivity contribution < 1.29 is 9.84 Å². The van der Waals surface area contributed by atoms with Gasteiger partial charge in [0.25, 0.3) is 0 Å². The van der Waals surface area contributed by atoms with E-state index in [1.54, 1.807) is 0 Å². The van der Waals surface area contributed by atoms with Crippen LogP contribution in [0.2, 0.25) is 0 Å². The highest BCUT2D eigenvalue weighted by atomic mass is 16.5. The molecule has 2 N–H and O–H groups in total. The van der Waals surface area contributed by atoms with Crippen molar-refractivity contribution in [2.24, 2.45) is 5.92 Å². The summed E-state index contributed by atoms with van der Waals surface area (Å²) in [6.45, 7) is 8.25. The Morgan fingerprint density at radius 1 is 1.26 bits per heavy atom. The first-order valence-corrected chi connectivity index (χ1v) is 7.06. The van der Waals surface area contributed by atoms with Crippen LogP contribution in [0.15, 0.2) is 24.3 Å². The predicted molar refractivity (Wildman–Crippen MR) is 78.6 cm³/mol. The van der Waals surface area contributed by atoms with Crippen LogP contribution in [0.1, 0.15) is 32.8 Å². The third-order valence-electron chi connectivity index (χ3n) is 3.81. The van der Waals surface area contributed by atoms with Gasteiger partial charge >= 0.3 is 0 Å². The highest BCUT2D eigenvalue weighted by Crippen LogP contribution is 2.25. The number of hydrogen-bond acceptors (Lipinski definition) is 3. The van der Waals surface area contributed by atoms with Crippen molar-refractivity contribution in [1.82, 2.24) is 0 Å². The van der Waals surface area contributed by atoms with Crippen LogP contribution in [-0.4, -0.2) is 31.0 Å². The summed E-state index contributed by atoms with van der Waals surface area (Å²) in [5, 5.41) is 12.9. The second-order valence-electron chi connectivity index (χ2n) is 6.38. The number of nitrogens with one attached hydrogen (secondary N) is 1. The van der Waals surface area contributed by atoms with Crippen LogP contribution in [0.25, 0.3) is 0 Å². The second-order valence-corrected chi connectivity index (χ2v) is 6.38. The maximum atomic E-state index is 9.37. The molecule has 1 saturated heterocycles. The third kappa shape index (κ3) is 3.71. The predicted octanol–water partition coefficient (Wildman–Crippen LogP) is 2.79. The maximum Gasteiger partial charge on any atom is 0.0535 e. The highest BCUT2D eigenvalue weighted by molar-refractivity contribution is 5.46. The fourth-order valence-corrected chi connectivity index (χ4v) is 2.45. The van der Waals surface area contributed by atoms with E-state index in [0.717, 1.165) is 18.7 Å². The van der Waals surface area contributed by atoms with Crippen LogP contribution in [0.4, 0.5) is 5.69 Å². The molecule has 1 aromatic carbocycles. The lowest BCUT2D eigenvalue weighted by atomic mass is 9.87. The summed E-state index contributed by atoms with van der Waals surface area (Å²) in [6, 6.07) is 8.92. The van der Waals surface area contributed by atoms with E-state index in [2.05, 4.69) is 50.4 Å². The molecule has 2 rings (SSSR count). The molecule has 106 valence electrons. The molecule has 1 aliphatic heterocycles. The Kier molecular flexibility index (Phi) is 4.48. The smallest absolute Gasteiger partial charge is 0.0535 e. The number of anilines is 1. The van der Waals surface area contributed by atoms with Gasteiger partial charge in [-0.25, -0.2) is 0 Å². The normalized spacial score (nSPS) is 24.2. The molecule has 0 aromatic heterocycles. The molecule has 1 aliphatic rings. The van der Waals surface area contributed by atoms with Crippen LogP contribution in [-0.2, 0) is 10.2 Å². The van der Waals surface area contributed by atoms with Crippen LogP contribution >= 0.6 is 0 Å². The lowest BCUT2D eigenvalue weighted by Gasteiger charge is -2.31. The number of rotatable bonds is 3. The second kappa shape index (κ2) is 5.93. The molecule has 3 nitrogen and oxygen atoms in total. The van der Waals surface area contributed by atoms with Crippen molar-refractivity contribution in [2.75, 3.05) is 25.1 Å². The molecule has 0 amide bonds. The van der Waals surface area contributed by atoms with Gasteiger partial charge in [-0.2, -0.15) is 0 Å². The molecule has 0 saturated carbocycles. The first-order chi connectivity index (χ1) is 9.00. The van der Waals surface area contributed by atoms with Gasteiger partial charge in [-0.3, -0.25) is 0 Å². The molecule has 1 fully saturated rings. The summed E-state index contributed by atoms with van der Waals surface area (Å²) >= 11 is 0. The average Bonchev–Trinajstić information content (AvgIpc) is 2.39.